The average molecular weight is 328 g/mol. The average Bonchev–Trinajstić information content (AvgIpc) is 2.58. The third-order valence-electron chi connectivity index (χ3n) is 2.87. The highest BCUT2D eigenvalue weighted by molar-refractivity contribution is 7.99. The first-order valence-electron chi connectivity index (χ1n) is 6.75. The molecular formula is C16H16N4O2S. The minimum absolute atomic E-state index is 0.129. The van der Waals surface area contributed by atoms with Gasteiger partial charge in [0, 0.05) is 5.75 Å². The quantitative estimate of drug-likeness (QED) is 0.474. The van der Waals surface area contributed by atoms with Gasteiger partial charge in [-0.1, -0.05) is 17.8 Å². The van der Waals surface area contributed by atoms with Crippen LogP contribution in [0, 0.1) is 11.3 Å². The van der Waals surface area contributed by atoms with Crippen molar-refractivity contribution >= 4 is 17.6 Å². The van der Waals surface area contributed by atoms with Crippen LogP contribution in [0.4, 0.5) is 5.82 Å². The Bertz CT molecular complexity index is 726. The monoisotopic (exact) mass is 328 g/mol. The molecule has 0 atom stereocenters. The zero-order valence-corrected chi connectivity index (χ0v) is 13.5. The van der Waals surface area contributed by atoms with Crippen LogP contribution in [0.25, 0.3) is 0 Å². The van der Waals surface area contributed by atoms with Crippen LogP contribution < -0.4 is 15.2 Å². The molecule has 0 radical (unpaired) electrons. The molecule has 2 N–H and O–H groups in total. The summed E-state index contributed by atoms with van der Waals surface area (Å²) in [5, 5.41) is 9.72. The first-order valence-corrected chi connectivity index (χ1v) is 7.73. The number of aromatic nitrogens is 2. The molecule has 2 rings (SSSR count). The maximum atomic E-state index is 9.23. The number of hydrogen-bond acceptors (Lipinski definition) is 7. The van der Waals surface area contributed by atoms with Crippen LogP contribution in [0.15, 0.2) is 42.1 Å². The minimum Gasteiger partial charge on any atom is -0.497 e. The zero-order valence-electron chi connectivity index (χ0n) is 12.7. The maximum absolute atomic E-state index is 9.23. The van der Waals surface area contributed by atoms with Crippen molar-refractivity contribution in [1.29, 1.82) is 5.26 Å². The third kappa shape index (κ3) is 4.37. The summed E-state index contributed by atoms with van der Waals surface area (Å²) in [5.41, 5.74) is 6.52. The van der Waals surface area contributed by atoms with Crippen molar-refractivity contribution in [2.24, 2.45) is 0 Å². The second kappa shape index (κ2) is 8.06. The lowest BCUT2D eigenvalue weighted by atomic mass is 10.2. The Labute approximate surface area is 139 Å². The summed E-state index contributed by atoms with van der Waals surface area (Å²) in [7, 11) is 1.60. The highest BCUT2D eigenvalue weighted by atomic mass is 32.2. The standard InChI is InChI=1S/C16H16N4O2S/c1-3-8-23-16-19-14(13(9-17)15(18)20-16)10-22-12-6-4-11(21-2)5-7-12/h3-7H,1,8,10H2,2H3,(H2,18,19,20). The molecule has 118 valence electrons. The number of benzene rings is 1. The first kappa shape index (κ1) is 16.6. The van der Waals surface area contributed by atoms with E-state index in [0.29, 0.717) is 22.4 Å². The van der Waals surface area contributed by atoms with Crippen LogP contribution in [0.5, 0.6) is 11.5 Å². The van der Waals surface area contributed by atoms with Crippen molar-refractivity contribution in [3.05, 3.63) is 48.2 Å². The van der Waals surface area contributed by atoms with Crippen LogP contribution in [0.3, 0.4) is 0 Å². The predicted molar refractivity (Wildman–Crippen MR) is 89.4 cm³/mol. The molecule has 0 aliphatic carbocycles. The highest BCUT2D eigenvalue weighted by Crippen LogP contribution is 2.22. The van der Waals surface area contributed by atoms with Gasteiger partial charge in [0.2, 0.25) is 0 Å². The number of thioether (sulfide) groups is 1. The molecule has 0 aliphatic heterocycles. The van der Waals surface area contributed by atoms with E-state index in [0.717, 1.165) is 5.75 Å². The molecule has 0 aliphatic rings. The van der Waals surface area contributed by atoms with Crippen LogP contribution in [0.2, 0.25) is 0 Å². The number of hydrogen-bond donors (Lipinski definition) is 1. The van der Waals surface area contributed by atoms with Gasteiger partial charge in [-0.25, -0.2) is 9.97 Å². The van der Waals surface area contributed by atoms with Gasteiger partial charge in [-0.05, 0) is 24.3 Å². The molecule has 1 heterocycles. The Balaban J connectivity index is 2.17. The second-order valence-electron chi connectivity index (χ2n) is 4.39. The van der Waals surface area contributed by atoms with Crippen molar-refractivity contribution in [3.8, 4) is 17.6 Å². The van der Waals surface area contributed by atoms with E-state index in [-0.39, 0.29) is 18.0 Å². The number of nitriles is 1. The van der Waals surface area contributed by atoms with E-state index in [9.17, 15) is 5.26 Å². The molecule has 0 unspecified atom stereocenters. The Kier molecular flexibility index (Phi) is 5.83. The van der Waals surface area contributed by atoms with Gasteiger partial charge in [0.05, 0.1) is 7.11 Å². The maximum Gasteiger partial charge on any atom is 0.190 e. The van der Waals surface area contributed by atoms with Crippen molar-refractivity contribution < 1.29 is 9.47 Å². The Morgan fingerprint density at radius 2 is 2.00 bits per heavy atom. The molecule has 0 amide bonds. The van der Waals surface area contributed by atoms with E-state index < -0.39 is 0 Å². The lowest BCUT2D eigenvalue weighted by Crippen LogP contribution is -2.08. The van der Waals surface area contributed by atoms with Gasteiger partial charge in [0.25, 0.3) is 0 Å². The third-order valence-corrected chi connectivity index (χ3v) is 3.71. The SMILES string of the molecule is C=CCSc1nc(N)c(C#N)c(COc2ccc(OC)cc2)n1. The molecule has 0 saturated heterocycles. The Morgan fingerprint density at radius 1 is 1.30 bits per heavy atom. The molecule has 0 fully saturated rings. The highest BCUT2D eigenvalue weighted by Gasteiger charge is 2.13. The van der Waals surface area contributed by atoms with Crippen LogP contribution in [0.1, 0.15) is 11.3 Å². The largest absolute Gasteiger partial charge is 0.497 e. The van der Waals surface area contributed by atoms with Gasteiger partial charge in [0.15, 0.2) is 5.16 Å². The van der Waals surface area contributed by atoms with Crippen LogP contribution in [-0.2, 0) is 6.61 Å². The molecule has 0 saturated carbocycles. The molecule has 23 heavy (non-hydrogen) atoms. The normalized spacial score (nSPS) is 9.91. The summed E-state index contributed by atoms with van der Waals surface area (Å²) in [5.74, 6) is 2.20. The fourth-order valence-electron chi connectivity index (χ4n) is 1.75. The summed E-state index contributed by atoms with van der Waals surface area (Å²) in [6, 6.07) is 9.17. The summed E-state index contributed by atoms with van der Waals surface area (Å²) in [6.45, 7) is 3.78. The zero-order chi connectivity index (χ0) is 16.7. The molecule has 0 spiro atoms. The van der Waals surface area contributed by atoms with Crippen LogP contribution >= 0.6 is 11.8 Å². The van der Waals surface area contributed by atoms with Gasteiger partial charge in [-0.3, -0.25) is 0 Å². The molecular weight excluding hydrogens is 312 g/mol. The first-order chi connectivity index (χ1) is 11.2. The number of methoxy groups -OCH3 is 1. The number of nitrogen functional groups attached to an aromatic ring is 1. The molecule has 1 aromatic carbocycles. The molecule has 2 aromatic rings. The second-order valence-corrected chi connectivity index (χ2v) is 5.38. The topological polar surface area (TPSA) is 94.0 Å². The van der Waals surface area contributed by atoms with E-state index in [1.165, 1.54) is 11.8 Å². The van der Waals surface area contributed by atoms with E-state index >= 15 is 0 Å². The van der Waals surface area contributed by atoms with Gasteiger partial charge >= 0.3 is 0 Å². The fourth-order valence-corrected chi connectivity index (χ4v) is 2.36. The number of nitrogens with two attached hydrogens (primary N) is 1. The van der Waals surface area contributed by atoms with Gasteiger partial charge in [-0.15, -0.1) is 6.58 Å². The Hall–Kier alpha value is -2.72. The predicted octanol–water partition coefficient (Wildman–Crippen LogP) is 2.80. The summed E-state index contributed by atoms with van der Waals surface area (Å²) < 4.78 is 10.8. The minimum atomic E-state index is 0.129. The number of nitrogens with zero attached hydrogens (tertiary/aromatic N) is 3. The van der Waals surface area contributed by atoms with Gasteiger partial charge in [-0.2, -0.15) is 5.26 Å². The van der Waals surface area contributed by atoms with E-state index in [1.54, 1.807) is 37.5 Å². The summed E-state index contributed by atoms with van der Waals surface area (Å²) >= 11 is 1.39. The smallest absolute Gasteiger partial charge is 0.190 e. The molecule has 7 heteroatoms. The lowest BCUT2D eigenvalue weighted by Gasteiger charge is -2.10. The number of rotatable bonds is 7. The van der Waals surface area contributed by atoms with Crippen LogP contribution in [-0.4, -0.2) is 22.8 Å². The van der Waals surface area contributed by atoms with E-state index in [4.69, 9.17) is 15.2 Å². The Morgan fingerprint density at radius 3 is 2.61 bits per heavy atom. The fraction of sp³-hybridized carbons (Fsp3) is 0.188. The van der Waals surface area contributed by atoms with Gasteiger partial charge < -0.3 is 15.2 Å². The lowest BCUT2D eigenvalue weighted by molar-refractivity contribution is 0.299. The molecule has 6 nitrogen and oxygen atoms in total. The van der Waals surface area contributed by atoms with E-state index in [2.05, 4.69) is 16.5 Å². The summed E-state index contributed by atoms with van der Waals surface area (Å²) in [6.07, 6.45) is 1.75. The number of ether oxygens (including phenoxy) is 2. The van der Waals surface area contributed by atoms with Crippen molar-refractivity contribution in [2.75, 3.05) is 18.6 Å². The molecule has 1 aromatic heterocycles. The molecule has 0 bridgehead atoms. The van der Waals surface area contributed by atoms with Crippen molar-refractivity contribution in [3.63, 3.8) is 0 Å². The van der Waals surface area contributed by atoms with Crippen molar-refractivity contribution in [1.82, 2.24) is 9.97 Å². The summed E-state index contributed by atoms with van der Waals surface area (Å²) in [4.78, 5) is 8.45. The number of anilines is 1. The van der Waals surface area contributed by atoms with E-state index in [1.807, 2.05) is 6.07 Å². The van der Waals surface area contributed by atoms with Crippen molar-refractivity contribution in [2.45, 2.75) is 11.8 Å². The van der Waals surface area contributed by atoms with Gasteiger partial charge in [0.1, 0.15) is 41.3 Å².